The zero-order valence-electron chi connectivity index (χ0n) is 17.6. The van der Waals surface area contributed by atoms with Crippen molar-refractivity contribution < 1.29 is 14.3 Å². The van der Waals surface area contributed by atoms with Gasteiger partial charge in [0.2, 0.25) is 5.91 Å². The van der Waals surface area contributed by atoms with Gasteiger partial charge in [-0.25, -0.2) is 4.98 Å². The highest BCUT2D eigenvalue weighted by molar-refractivity contribution is 5.88. The van der Waals surface area contributed by atoms with Gasteiger partial charge in [0.15, 0.2) is 6.61 Å². The minimum Gasteiger partial charge on any atom is -0.484 e. The Morgan fingerprint density at radius 3 is 2.50 bits per heavy atom. The average molecular weight is 409 g/mol. The van der Waals surface area contributed by atoms with Crippen LogP contribution in [0, 0.1) is 12.8 Å². The van der Waals surface area contributed by atoms with Gasteiger partial charge in [0.05, 0.1) is 11.0 Å². The molecule has 1 heterocycles. The SMILES string of the molecule is Cc1nc2ccccc2n1CCNC(=O)[C@@H](NC(=O)COc1ccccc1)C(C)C. The van der Waals surface area contributed by atoms with Crippen molar-refractivity contribution in [3.63, 3.8) is 0 Å². The number of amides is 2. The molecule has 0 fully saturated rings. The molecule has 0 aliphatic carbocycles. The second kappa shape index (κ2) is 9.91. The lowest BCUT2D eigenvalue weighted by Crippen LogP contribution is -2.51. The molecule has 0 bridgehead atoms. The molecule has 0 saturated heterocycles. The molecule has 0 saturated carbocycles. The summed E-state index contributed by atoms with van der Waals surface area (Å²) in [7, 11) is 0. The van der Waals surface area contributed by atoms with Crippen molar-refractivity contribution in [2.75, 3.05) is 13.2 Å². The summed E-state index contributed by atoms with van der Waals surface area (Å²) >= 11 is 0. The molecule has 0 unspecified atom stereocenters. The Bertz CT molecular complexity index is 998. The largest absolute Gasteiger partial charge is 0.484 e. The molecule has 0 aliphatic rings. The highest BCUT2D eigenvalue weighted by Crippen LogP contribution is 2.15. The first kappa shape index (κ1) is 21.4. The van der Waals surface area contributed by atoms with Crippen molar-refractivity contribution in [2.24, 2.45) is 5.92 Å². The quantitative estimate of drug-likeness (QED) is 0.570. The fraction of sp³-hybridized carbons (Fsp3) is 0.348. The molecule has 3 rings (SSSR count). The van der Waals surface area contributed by atoms with E-state index in [4.69, 9.17) is 4.74 Å². The van der Waals surface area contributed by atoms with Crippen molar-refractivity contribution in [1.29, 1.82) is 0 Å². The van der Waals surface area contributed by atoms with E-state index in [0.29, 0.717) is 18.8 Å². The second-order valence-corrected chi connectivity index (χ2v) is 7.48. The summed E-state index contributed by atoms with van der Waals surface area (Å²) in [6.45, 7) is 6.66. The number of aromatic nitrogens is 2. The van der Waals surface area contributed by atoms with Gasteiger partial charge < -0.3 is 19.9 Å². The number of aryl methyl sites for hydroxylation is 1. The Hall–Kier alpha value is -3.35. The number of fused-ring (bicyclic) bond motifs is 1. The number of ether oxygens (including phenoxy) is 1. The molecule has 7 nitrogen and oxygen atoms in total. The number of nitrogens with zero attached hydrogens (tertiary/aromatic N) is 2. The van der Waals surface area contributed by atoms with Crippen LogP contribution in [0.5, 0.6) is 5.75 Å². The molecule has 2 N–H and O–H groups in total. The lowest BCUT2D eigenvalue weighted by atomic mass is 10.0. The summed E-state index contributed by atoms with van der Waals surface area (Å²) in [4.78, 5) is 29.5. The van der Waals surface area contributed by atoms with E-state index in [9.17, 15) is 9.59 Å². The van der Waals surface area contributed by atoms with E-state index in [-0.39, 0.29) is 24.3 Å². The fourth-order valence-corrected chi connectivity index (χ4v) is 3.29. The molecule has 1 atom stereocenters. The van der Waals surface area contributed by atoms with Crippen molar-refractivity contribution >= 4 is 22.8 Å². The van der Waals surface area contributed by atoms with Crippen LogP contribution in [-0.2, 0) is 16.1 Å². The van der Waals surface area contributed by atoms with Gasteiger partial charge in [-0.05, 0) is 37.1 Å². The molecular weight excluding hydrogens is 380 g/mol. The first-order chi connectivity index (χ1) is 14.5. The van der Waals surface area contributed by atoms with Gasteiger partial charge in [-0.2, -0.15) is 0 Å². The summed E-state index contributed by atoms with van der Waals surface area (Å²) in [5.74, 6) is 0.920. The molecule has 0 spiro atoms. The third-order valence-corrected chi connectivity index (χ3v) is 4.86. The number of hydrogen-bond acceptors (Lipinski definition) is 4. The number of carbonyl (C=O) groups is 2. The summed E-state index contributed by atoms with van der Waals surface area (Å²) in [5.41, 5.74) is 1.98. The molecule has 158 valence electrons. The first-order valence-corrected chi connectivity index (χ1v) is 10.1. The van der Waals surface area contributed by atoms with Crippen LogP contribution in [0.4, 0.5) is 0 Å². The second-order valence-electron chi connectivity index (χ2n) is 7.48. The highest BCUT2D eigenvalue weighted by Gasteiger charge is 2.24. The van der Waals surface area contributed by atoms with E-state index in [1.54, 1.807) is 12.1 Å². The highest BCUT2D eigenvalue weighted by atomic mass is 16.5. The minimum atomic E-state index is -0.627. The number of nitrogens with one attached hydrogen (secondary N) is 2. The maximum atomic E-state index is 12.7. The Morgan fingerprint density at radius 1 is 1.07 bits per heavy atom. The summed E-state index contributed by atoms with van der Waals surface area (Å²) in [6.07, 6.45) is 0. The molecule has 1 aromatic heterocycles. The summed E-state index contributed by atoms with van der Waals surface area (Å²) in [6, 6.07) is 16.4. The minimum absolute atomic E-state index is 0.0542. The van der Waals surface area contributed by atoms with Gasteiger partial charge in [0.25, 0.3) is 5.91 Å². The molecule has 0 radical (unpaired) electrons. The number of hydrogen-bond donors (Lipinski definition) is 2. The molecule has 3 aromatic rings. The topological polar surface area (TPSA) is 85.3 Å². The van der Waals surface area contributed by atoms with Gasteiger partial charge >= 0.3 is 0 Å². The lowest BCUT2D eigenvalue weighted by molar-refractivity contribution is -0.131. The Balaban J connectivity index is 1.52. The molecule has 2 aromatic carbocycles. The maximum Gasteiger partial charge on any atom is 0.258 e. The number of rotatable bonds is 9. The van der Waals surface area contributed by atoms with Crippen LogP contribution < -0.4 is 15.4 Å². The number of carbonyl (C=O) groups excluding carboxylic acids is 2. The third-order valence-electron chi connectivity index (χ3n) is 4.86. The monoisotopic (exact) mass is 408 g/mol. The fourth-order valence-electron chi connectivity index (χ4n) is 3.29. The lowest BCUT2D eigenvalue weighted by Gasteiger charge is -2.22. The van der Waals surface area contributed by atoms with Crippen LogP contribution in [0.3, 0.4) is 0 Å². The first-order valence-electron chi connectivity index (χ1n) is 10.1. The van der Waals surface area contributed by atoms with Gasteiger partial charge in [0.1, 0.15) is 17.6 Å². The van der Waals surface area contributed by atoms with Crippen molar-refractivity contribution in [3.05, 3.63) is 60.4 Å². The predicted octanol–water partition coefficient (Wildman–Crippen LogP) is 2.68. The molecule has 0 aliphatic heterocycles. The van der Waals surface area contributed by atoms with Gasteiger partial charge in [-0.1, -0.05) is 44.2 Å². The Kier molecular flexibility index (Phi) is 7.06. The van der Waals surface area contributed by atoms with E-state index >= 15 is 0 Å². The van der Waals surface area contributed by atoms with Gasteiger partial charge in [-0.15, -0.1) is 0 Å². The summed E-state index contributed by atoms with van der Waals surface area (Å²) < 4.78 is 7.53. The standard InChI is InChI=1S/C23H28N4O3/c1-16(2)22(26-21(28)15-30-18-9-5-4-6-10-18)23(29)24-13-14-27-17(3)25-19-11-7-8-12-20(19)27/h4-12,16,22H,13-15H2,1-3H3,(H,24,29)(H,26,28)/t22-/m0/s1. The van der Waals surface area contributed by atoms with Crippen LogP contribution >= 0.6 is 0 Å². The van der Waals surface area contributed by atoms with Crippen LogP contribution in [0.1, 0.15) is 19.7 Å². The zero-order valence-corrected chi connectivity index (χ0v) is 17.6. The van der Waals surface area contributed by atoms with Gasteiger partial charge in [0, 0.05) is 13.1 Å². The van der Waals surface area contributed by atoms with Crippen LogP contribution in [0.2, 0.25) is 0 Å². The number of para-hydroxylation sites is 3. The average Bonchev–Trinajstić information content (AvgIpc) is 3.06. The van der Waals surface area contributed by atoms with E-state index in [1.807, 2.05) is 63.2 Å². The van der Waals surface area contributed by atoms with Gasteiger partial charge in [-0.3, -0.25) is 9.59 Å². The van der Waals surface area contributed by atoms with E-state index in [0.717, 1.165) is 16.9 Å². The molecular formula is C23H28N4O3. The summed E-state index contributed by atoms with van der Waals surface area (Å²) in [5, 5.41) is 5.71. The van der Waals surface area contributed by atoms with Crippen LogP contribution in [0.15, 0.2) is 54.6 Å². The van der Waals surface area contributed by atoms with Crippen molar-refractivity contribution in [3.8, 4) is 5.75 Å². The van der Waals surface area contributed by atoms with Crippen molar-refractivity contribution in [1.82, 2.24) is 20.2 Å². The van der Waals surface area contributed by atoms with Crippen LogP contribution in [-0.4, -0.2) is 40.6 Å². The molecule has 7 heteroatoms. The van der Waals surface area contributed by atoms with E-state index < -0.39 is 6.04 Å². The predicted molar refractivity (Wildman–Crippen MR) is 116 cm³/mol. The Morgan fingerprint density at radius 2 is 1.77 bits per heavy atom. The number of imidazole rings is 1. The van der Waals surface area contributed by atoms with E-state index in [1.165, 1.54) is 0 Å². The maximum absolute atomic E-state index is 12.7. The Labute approximate surface area is 176 Å². The third kappa shape index (κ3) is 5.37. The number of benzene rings is 2. The zero-order chi connectivity index (χ0) is 21.5. The van der Waals surface area contributed by atoms with E-state index in [2.05, 4.69) is 20.2 Å². The van der Waals surface area contributed by atoms with Crippen LogP contribution in [0.25, 0.3) is 11.0 Å². The normalized spacial score (nSPS) is 12.0. The molecule has 2 amide bonds. The van der Waals surface area contributed by atoms with Crippen molar-refractivity contribution in [2.45, 2.75) is 33.4 Å². The smallest absolute Gasteiger partial charge is 0.258 e. The molecule has 30 heavy (non-hydrogen) atoms.